The van der Waals surface area contributed by atoms with Gasteiger partial charge in [-0.3, -0.25) is 101 Å². The number of nitrogens with one attached hydrogen (secondary N) is 18. The fraction of sp³-hybridized carbons (Fsp3) is 0.774. The van der Waals surface area contributed by atoms with Crippen molar-refractivity contribution in [3.05, 3.63) is 0 Å². The molecule has 1 aliphatic heterocycles. The van der Waals surface area contributed by atoms with Crippen LogP contribution in [-0.4, -0.2) is 283 Å². The molecule has 0 radical (unpaired) electrons. The minimum Gasteiger partial charge on any atom is -0.391 e. The van der Waals surface area contributed by atoms with Crippen molar-refractivity contribution in [2.24, 2.45) is 87.8 Å². The number of amides is 21. The third kappa shape index (κ3) is 46.6. The molecule has 46 nitrogen and oxygen atoms in total. The summed E-state index contributed by atoms with van der Waals surface area (Å²) < 4.78 is 0. The van der Waals surface area contributed by atoms with Gasteiger partial charge in [-0.1, -0.05) is 164 Å². The second-order valence-corrected chi connectivity index (χ2v) is 38.9. The Kier molecular flexibility index (Phi) is 58.7. The molecule has 139 heavy (non-hydrogen) atoms. The van der Waals surface area contributed by atoms with Crippen LogP contribution in [0.5, 0.6) is 0 Å². The Bertz CT molecular complexity index is 4060. The molecule has 0 aromatic rings. The Morgan fingerprint density at radius 3 is 1.06 bits per heavy atom. The van der Waals surface area contributed by atoms with E-state index in [4.69, 9.17) is 28.7 Å². The van der Waals surface area contributed by atoms with Crippen molar-refractivity contribution in [1.29, 1.82) is 0 Å². The second kappa shape index (κ2) is 64.9. The molecule has 1 rings (SSSR count). The largest absolute Gasteiger partial charge is 0.391 e. The van der Waals surface area contributed by atoms with Crippen LogP contribution in [-0.2, 0) is 101 Å². The van der Waals surface area contributed by atoms with Crippen molar-refractivity contribution in [3.63, 3.8) is 0 Å². The van der Waals surface area contributed by atoms with Gasteiger partial charge in [0.25, 0.3) is 0 Å². The highest BCUT2D eigenvalue weighted by molar-refractivity contribution is 6.02. The molecule has 1 fully saturated rings. The molecule has 1 heterocycles. The highest BCUT2D eigenvalue weighted by Crippen LogP contribution is 2.22. The first-order chi connectivity index (χ1) is 65.0. The summed E-state index contributed by atoms with van der Waals surface area (Å²) in [6.07, 6.45) is 1.70. The van der Waals surface area contributed by atoms with Crippen molar-refractivity contribution in [1.82, 2.24) is 101 Å². The lowest BCUT2D eigenvalue weighted by Crippen LogP contribution is -2.62. The van der Waals surface area contributed by atoms with Gasteiger partial charge in [0.15, 0.2) is 0 Å². The fourth-order valence-corrected chi connectivity index (χ4v) is 14.9. The summed E-state index contributed by atoms with van der Waals surface area (Å²) in [5, 5.41) is 57.3. The van der Waals surface area contributed by atoms with Gasteiger partial charge in [-0.05, 0) is 156 Å². The van der Waals surface area contributed by atoms with Gasteiger partial charge in [-0.2, -0.15) is 0 Å². The van der Waals surface area contributed by atoms with Crippen LogP contribution < -0.4 is 124 Å². The van der Waals surface area contributed by atoms with Crippen LogP contribution in [0.25, 0.3) is 0 Å². The number of unbranched alkanes of at least 4 members (excludes halogenated alkanes) is 2. The Morgan fingerprint density at radius 1 is 0.324 bits per heavy atom. The van der Waals surface area contributed by atoms with Crippen LogP contribution in [0.4, 0.5) is 0 Å². The van der Waals surface area contributed by atoms with Gasteiger partial charge < -0.3 is 134 Å². The molecule has 1 saturated heterocycles. The lowest BCUT2D eigenvalue weighted by Gasteiger charge is -2.31. The molecule has 0 aliphatic carbocycles. The average molecular weight is 1970 g/mol. The van der Waals surface area contributed by atoms with Crippen LogP contribution in [0.1, 0.15) is 255 Å². The Balaban J connectivity index is 3.21. The second-order valence-electron chi connectivity index (χ2n) is 38.9. The summed E-state index contributed by atoms with van der Waals surface area (Å²) in [5.41, 5.74) is 28.7. The van der Waals surface area contributed by atoms with Gasteiger partial charge in [-0.25, -0.2) is 0 Å². The first kappa shape index (κ1) is 126. The number of likely N-dealkylation sites (tertiary alicyclic amines) is 1. The standard InChI is InChI=1S/C93H168N24O22/c1-22-53(17)72(97)87(133)110-61(38-48(7)8)80(126)103-46-71(124)117-36-30-33-65(117)86(132)112-74(52(15)16)91(137)115-77(56(20)25-4)92(138)106-59(32-27-29-35-95)82(128)116-78(57(21)118)93(139)114-76(55(19)24-3)89(135)102-43-68(121)100-45-70(123)111-73(51(13)14)90(136)113-75(54(18)23-2)88(134)101-42-67(120)99-44-69(122)104-62(39-49(9)10)83(129)108-63(40-50(11)12)84(130)105-58(31-26-28-34-94)81(127)109-64(41-66(96)119)85(131)107-60(79(98)125)37-47(5)6/h47-65,72-78,118H,22-46,94-95,97H2,1-21H3,(H2,96,119)(H2,98,125)(H,99,120)(H,100,121)(H,101,134)(H,102,135)(H,103,126)(H,104,122)(H,105,130)(H,106,138)(H,107,131)(H,108,129)(H,109,127)(H,110,133)(H,111,123)(H,112,132)(H,113,136)(H,114,139)(H,115,137)(H,116,128)/t53-,54-,55-,56-,57+,58-,59-,60-,61-,62-,63-,64-,65-,72-,73-,74-,75-,76-,77-,78-/m0/s1. The minimum atomic E-state index is -1.76. The molecule has 0 saturated carbocycles. The van der Waals surface area contributed by atoms with Crippen molar-refractivity contribution in [2.75, 3.05) is 52.4 Å². The summed E-state index contributed by atoms with van der Waals surface area (Å²) in [4.78, 5) is 289. The molecule has 20 atom stereocenters. The predicted molar refractivity (Wildman–Crippen MR) is 519 cm³/mol. The minimum absolute atomic E-state index is 0.00770. The Hall–Kier alpha value is -11.3. The summed E-state index contributed by atoms with van der Waals surface area (Å²) in [6, 6.07) is -19.3. The van der Waals surface area contributed by atoms with E-state index >= 15 is 0 Å². The van der Waals surface area contributed by atoms with Crippen LogP contribution >= 0.6 is 0 Å². The predicted octanol–water partition coefficient (Wildman–Crippen LogP) is -4.13. The van der Waals surface area contributed by atoms with E-state index in [2.05, 4.69) is 95.7 Å². The number of rotatable bonds is 67. The van der Waals surface area contributed by atoms with Crippen molar-refractivity contribution >= 4 is 124 Å². The topological polar surface area (TPSA) is 729 Å². The van der Waals surface area contributed by atoms with E-state index in [9.17, 15) is 106 Å². The maximum Gasteiger partial charge on any atom is 0.245 e. The van der Waals surface area contributed by atoms with Gasteiger partial charge in [0, 0.05) is 6.54 Å². The van der Waals surface area contributed by atoms with Crippen LogP contribution in [0, 0.1) is 59.2 Å². The fourth-order valence-electron chi connectivity index (χ4n) is 14.9. The third-order valence-electron chi connectivity index (χ3n) is 24.1. The van der Waals surface area contributed by atoms with Gasteiger partial charge in [0.05, 0.1) is 51.3 Å². The molecule has 0 unspecified atom stereocenters. The summed E-state index contributed by atoms with van der Waals surface area (Å²) >= 11 is 0. The van der Waals surface area contributed by atoms with Gasteiger partial charge in [0.1, 0.15) is 84.6 Å². The van der Waals surface area contributed by atoms with Gasteiger partial charge in [0.2, 0.25) is 124 Å². The number of hydrogen-bond acceptors (Lipinski definition) is 25. The van der Waals surface area contributed by atoms with Crippen LogP contribution in [0.3, 0.4) is 0 Å². The first-order valence-corrected chi connectivity index (χ1v) is 49.1. The number of aliphatic hydroxyl groups excluding tert-OH is 1. The molecule has 0 aromatic heterocycles. The van der Waals surface area contributed by atoms with Gasteiger partial charge >= 0.3 is 0 Å². The lowest BCUT2D eigenvalue weighted by molar-refractivity contribution is -0.140. The zero-order valence-electron chi connectivity index (χ0n) is 85.5. The maximum absolute atomic E-state index is 14.5. The van der Waals surface area contributed by atoms with E-state index < -0.39 is 290 Å². The van der Waals surface area contributed by atoms with Crippen molar-refractivity contribution < 1.29 is 106 Å². The summed E-state index contributed by atoms with van der Waals surface area (Å²) in [5.74, 6) is -21.0. The Morgan fingerprint density at radius 2 is 0.647 bits per heavy atom. The average Bonchev–Trinajstić information content (AvgIpc) is 1.30. The number of primary amides is 2. The molecule has 792 valence electrons. The molecule has 29 N–H and O–H groups in total. The first-order valence-electron chi connectivity index (χ1n) is 49.1. The van der Waals surface area contributed by atoms with Crippen LogP contribution in [0.2, 0.25) is 0 Å². The van der Waals surface area contributed by atoms with E-state index in [0.717, 1.165) is 0 Å². The zero-order chi connectivity index (χ0) is 106. The maximum atomic E-state index is 14.5. The number of carbonyl (C=O) groups excluding carboxylic acids is 21. The van der Waals surface area contributed by atoms with E-state index in [0.29, 0.717) is 44.9 Å². The summed E-state index contributed by atoms with van der Waals surface area (Å²) in [7, 11) is 0. The highest BCUT2D eigenvalue weighted by atomic mass is 16.3. The molecule has 21 amide bonds. The molecule has 0 bridgehead atoms. The molecular weight excluding hydrogens is 1810 g/mol. The molecule has 46 heteroatoms. The quantitative estimate of drug-likeness (QED) is 0.0257. The van der Waals surface area contributed by atoms with Crippen molar-refractivity contribution in [2.45, 2.75) is 351 Å². The monoisotopic (exact) mass is 1970 g/mol. The number of nitrogens with zero attached hydrogens (tertiary/aromatic N) is 1. The molecule has 1 aliphatic rings. The van der Waals surface area contributed by atoms with Crippen molar-refractivity contribution in [3.8, 4) is 0 Å². The van der Waals surface area contributed by atoms with Gasteiger partial charge in [-0.15, -0.1) is 0 Å². The van der Waals surface area contributed by atoms with E-state index in [1.165, 1.54) is 11.8 Å². The number of nitrogens with two attached hydrogens (primary N) is 5. The number of carbonyl (C=O) groups is 21. The number of hydrogen-bond donors (Lipinski definition) is 24. The van der Waals surface area contributed by atoms with E-state index in [-0.39, 0.29) is 107 Å². The smallest absolute Gasteiger partial charge is 0.245 e. The molecular formula is C93H168N24O22. The van der Waals surface area contributed by atoms with E-state index in [1.807, 2.05) is 27.7 Å². The Labute approximate surface area is 818 Å². The van der Waals surface area contributed by atoms with E-state index in [1.54, 1.807) is 111 Å². The summed E-state index contributed by atoms with van der Waals surface area (Å²) in [6.45, 7) is 33.1. The zero-order valence-corrected chi connectivity index (χ0v) is 85.5. The normalized spacial score (nSPS) is 16.6. The lowest BCUT2D eigenvalue weighted by atomic mass is 9.95. The third-order valence-corrected chi connectivity index (χ3v) is 24.1. The van der Waals surface area contributed by atoms with Crippen LogP contribution in [0.15, 0.2) is 0 Å². The molecule has 0 aromatic carbocycles. The highest BCUT2D eigenvalue weighted by Gasteiger charge is 2.43. The number of aliphatic hydroxyl groups is 1. The molecule has 0 spiro atoms. The SMILES string of the molecule is CC[C@H](C)[C@H](N)C(=O)N[C@@H](CC(C)C)C(=O)NCC(=O)N1CCC[C@H]1C(=O)N[C@H](C(=O)N[C@H](C(=O)N[C@@H](CCCCN)C(=O)N[C@H](C(=O)N[C@H](C(=O)NCC(=O)NCC(=O)N[C@H](C(=O)N[C@H](C(=O)NCC(=O)NCC(=O)N[C@@H](CC(C)C)C(=O)N[C@@H](CC(C)C)C(=O)N[C@@H](CCCCN)C(=O)N[C@@H](CC(N)=O)C(=O)N[C@@H](CC(C)C)C(N)=O)[C@@H](C)CC)C(C)C)[C@@H](C)CC)[C@@H](C)O)[C@@H](C)CC)C(C)C.